The van der Waals surface area contributed by atoms with E-state index in [1.807, 2.05) is 0 Å². The summed E-state index contributed by atoms with van der Waals surface area (Å²) >= 11 is 0. The van der Waals surface area contributed by atoms with Crippen molar-refractivity contribution in [2.24, 2.45) is 4.99 Å². The number of halogens is 1. The molecule has 0 radical (unpaired) electrons. The number of hydrogen-bond donors (Lipinski definition) is 2. The second-order valence-corrected chi connectivity index (χ2v) is 5.88. The SMILES string of the molecule is CCNC(=NCCN1CCOCC1)NCCc1ccc(C)cc1.I. The molecule has 0 aliphatic carbocycles. The van der Waals surface area contributed by atoms with E-state index in [-0.39, 0.29) is 24.0 Å². The Labute approximate surface area is 163 Å². The van der Waals surface area contributed by atoms with Crippen molar-refractivity contribution in [3.63, 3.8) is 0 Å². The third-order valence-electron chi connectivity index (χ3n) is 3.96. The van der Waals surface area contributed by atoms with Crippen LogP contribution in [0.25, 0.3) is 0 Å². The molecule has 2 N–H and O–H groups in total. The van der Waals surface area contributed by atoms with Crippen LogP contribution in [0, 0.1) is 6.92 Å². The van der Waals surface area contributed by atoms with Gasteiger partial charge in [0.2, 0.25) is 0 Å². The van der Waals surface area contributed by atoms with Crippen molar-refractivity contribution in [1.82, 2.24) is 15.5 Å². The molecule has 24 heavy (non-hydrogen) atoms. The monoisotopic (exact) mass is 446 g/mol. The highest BCUT2D eigenvalue weighted by atomic mass is 127. The molecule has 0 spiro atoms. The fraction of sp³-hybridized carbons (Fsp3) is 0.611. The van der Waals surface area contributed by atoms with E-state index >= 15 is 0 Å². The van der Waals surface area contributed by atoms with Crippen LogP contribution in [0.4, 0.5) is 0 Å². The number of benzene rings is 1. The Kier molecular flexibility index (Phi) is 11.0. The van der Waals surface area contributed by atoms with Crippen LogP contribution < -0.4 is 10.6 Å². The van der Waals surface area contributed by atoms with Crippen LogP contribution in [0.15, 0.2) is 29.3 Å². The summed E-state index contributed by atoms with van der Waals surface area (Å²) in [6, 6.07) is 8.72. The highest BCUT2D eigenvalue weighted by molar-refractivity contribution is 14.0. The highest BCUT2D eigenvalue weighted by Gasteiger charge is 2.09. The molecule has 0 unspecified atom stereocenters. The van der Waals surface area contributed by atoms with Crippen LogP contribution in [-0.2, 0) is 11.2 Å². The maximum atomic E-state index is 5.37. The molecule has 1 aromatic rings. The van der Waals surface area contributed by atoms with E-state index in [2.05, 4.69) is 58.6 Å². The smallest absolute Gasteiger partial charge is 0.191 e. The number of rotatable bonds is 7. The number of guanidine groups is 1. The zero-order valence-electron chi connectivity index (χ0n) is 14.9. The fourth-order valence-electron chi connectivity index (χ4n) is 2.55. The van der Waals surface area contributed by atoms with E-state index in [9.17, 15) is 0 Å². The first-order valence-electron chi connectivity index (χ1n) is 8.66. The Morgan fingerprint density at radius 2 is 1.88 bits per heavy atom. The maximum absolute atomic E-state index is 5.37. The zero-order chi connectivity index (χ0) is 16.3. The van der Waals surface area contributed by atoms with Crippen LogP contribution in [0.2, 0.25) is 0 Å². The third kappa shape index (κ3) is 8.30. The van der Waals surface area contributed by atoms with Crippen molar-refractivity contribution < 1.29 is 4.74 Å². The van der Waals surface area contributed by atoms with Gasteiger partial charge in [0, 0.05) is 32.7 Å². The first kappa shape index (κ1) is 21.2. The number of aryl methyl sites for hydroxylation is 1. The molecule has 1 aliphatic heterocycles. The Bertz CT molecular complexity index is 472. The summed E-state index contributed by atoms with van der Waals surface area (Å²) in [5.74, 6) is 0.910. The van der Waals surface area contributed by atoms with Gasteiger partial charge in [-0.25, -0.2) is 0 Å². The Morgan fingerprint density at radius 3 is 2.54 bits per heavy atom. The lowest BCUT2D eigenvalue weighted by molar-refractivity contribution is 0.0394. The summed E-state index contributed by atoms with van der Waals surface area (Å²) in [6.45, 7) is 11.5. The molecule has 0 atom stereocenters. The van der Waals surface area contributed by atoms with Crippen molar-refractivity contribution >= 4 is 29.9 Å². The number of hydrogen-bond acceptors (Lipinski definition) is 3. The quantitative estimate of drug-likeness (QED) is 0.383. The topological polar surface area (TPSA) is 48.9 Å². The van der Waals surface area contributed by atoms with Crippen molar-refractivity contribution in [3.05, 3.63) is 35.4 Å². The molecule has 5 nitrogen and oxygen atoms in total. The standard InChI is InChI=1S/C18H30N4O.HI/c1-3-19-18(21-10-11-22-12-14-23-15-13-22)20-9-8-17-6-4-16(2)5-7-17;/h4-7H,3,8-15H2,1-2H3,(H2,19,20,21);1H. The van der Waals surface area contributed by atoms with Gasteiger partial charge in [0.25, 0.3) is 0 Å². The van der Waals surface area contributed by atoms with Gasteiger partial charge >= 0.3 is 0 Å². The lowest BCUT2D eigenvalue weighted by Gasteiger charge is -2.25. The molecular formula is C18H31IN4O. The summed E-state index contributed by atoms with van der Waals surface area (Å²) < 4.78 is 5.37. The minimum Gasteiger partial charge on any atom is -0.379 e. The van der Waals surface area contributed by atoms with E-state index in [1.165, 1.54) is 11.1 Å². The Balaban J connectivity index is 0.00000288. The molecule has 0 aromatic heterocycles. The Morgan fingerprint density at radius 1 is 1.17 bits per heavy atom. The van der Waals surface area contributed by atoms with Gasteiger partial charge in [-0.15, -0.1) is 24.0 Å². The Hall–Kier alpha value is -0.860. The molecule has 1 aliphatic rings. The lowest BCUT2D eigenvalue weighted by atomic mass is 10.1. The van der Waals surface area contributed by atoms with Gasteiger partial charge in [0.15, 0.2) is 5.96 Å². The molecule has 136 valence electrons. The predicted octanol–water partition coefficient (Wildman–Crippen LogP) is 2.04. The van der Waals surface area contributed by atoms with Crippen molar-refractivity contribution in [2.45, 2.75) is 20.3 Å². The maximum Gasteiger partial charge on any atom is 0.191 e. The molecule has 1 fully saturated rings. The van der Waals surface area contributed by atoms with E-state index in [1.54, 1.807) is 0 Å². The van der Waals surface area contributed by atoms with Gasteiger partial charge in [-0.2, -0.15) is 0 Å². The fourth-order valence-corrected chi connectivity index (χ4v) is 2.55. The second kappa shape index (κ2) is 12.5. The van der Waals surface area contributed by atoms with E-state index in [4.69, 9.17) is 4.74 Å². The molecule has 1 saturated heterocycles. The summed E-state index contributed by atoms with van der Waals surface area (Å²) in [5.41, 5.74) is 2.66. The van der Waals surface area contributed by atoms with Gasteiger partial charge in [0.1, 0.15) is 0 Å². The molecule has 2 rings (SSSR count). The van der Waals surface area contributed by atoms with Gasteiger partial charge in [0.05, 0.1) is 19.8 Å². The lowest BCUT2D eigenvalue weighted by Crippen LogP contribution is -2.40. The average Bonchev–Trinajstić information content (AvgIpc) is 2.58. The summed E-state index contributed by atoms with van der Waals surface area (Å²) in [4.78, 5) is 7.07. The van der Waals surface area contributed by atoms with E-state index in [0.29, 0.717) is 0 Å². The number of morpholine rings is 1. The van der Waals surface area contributed by atoms with Gasteiger partial charge < -0.3 is 15.4 Å². The summed E-state index contributed by atoms with van der Waals surface area (Å²) in [7, 11) is 0. The van der Waals surface area contributed by atoms with Crippen LogP contribution >= 0.6 is 24.0 Å². The zero-order valence-corrected chi connectivity index (χ0v) is 17.2. The third-order valence-corrected chi connectivity index (χ3v) is 3.96. The predicted molar refractivity (Wildman–Crippen MR) is 112 cm³/mol. The second-order valence-electron chi connectivity index (χ2n) is 5.88. The first-order valence-corrected chi connectivity index (χ1v) is 8.66. The van der Waals surface area contributed by atoms with Crippen LogP contribution in [0.1, 0.15) is 18.1 Å². The van der Waals surface area contributed by atoms with Gasteiger partial charge in [-0.05, 0) is 25.8 Å². The number of nitrogens with zero attached hydrogens (tertiary/aromatic N) is 2. The van der Waals surface area contributed by atoms with Crippen LogP contribution in [-0.4, -0.2) is 63.3 Å². The highest BCUT2D eigenvalue weighted by Crippen LogP contribution is 2.03. The number of ether oxygens (including phenoxy) is 1. The van der Waals surface area contributed by atoms with Crippen molar-refractivity contribution in [2.75, 3.05) is 52.5 Å². The molecule has 1 heterocycles. The largest absolute Gasteiger partial charge is 0.379 e. The molecule has 6 heteroatoms. The molecule has 0 saturated carbocycles. The minimum atomic E-state index is 0. The minimum absolute atomic E-state index is 0. The van der Waals surface area contributed by atoms with Gasteiger partial charge in [-0.1, -0.05) is 29.8 Å². The van der Waals surface area contributed by atoms with Crippen LogP contribution in [0.3, 0.4) is 0 Å². The molecule has 0 amide bonds. The summed E-state index contributed by atoms with van der Waals surface area (Å²) in [5, 5.41) is 6.73. The average molecular weight is 446 g/mol. The molecule has 0 bridgehead atoms. The first-order chi connectivity index (χ1) is 11.3. The summed E-state index contributed by atoms with van der Waals surface area (Å²) in [6.07, 6.45) is 1.01. The van der Waals surface area contributed by atoms with Gasteiger partial charge in [-0.3, -0.25) is 9.89 Å². The van der Waals surface area contributed by atoms with Crippen molar-refractivity contribution in [3.8, 4) is 0 Å². The molecule has 1 aromatic carbocycles. The molecular weight excluding hydrogens is 415 g/mol. The van der Waals surface area contributed by atoms with E-state index < -0.39 is 0 Å². The number of aliphatic imine (C=N–C) groups is 1. The van der Waals surface area contributed by atoms with Crippen molar-refractivity contribution in [1.29, 1.82) is 0 Å². The normalized spacial score (nSPS) is 15.7. The number of nitrogens with one attached hydrogen (secondary N) is 2. The van der Waals surface area contributed by atoms with E-state index in [0.717, 1.165) is 64.9 Å². The van der Waals surface area contributed by atoms with Crippen LogP contribution in [0.5, 0.6) is 0 Å².